The van der Waals surface area contributed by atoms with Crippen LogP contribution in [0.25, 0.3) is 11.2 Å². The number of imidazole rings is 1. The first-order valence-corrected chi connectivity index (χ1v) is 11.1. The highest BCUT2D eigenvalue weighted by Gasteiger charge is 2.44. The first-order valence-electron chi connectivity index (χ1n) is 11.1. The van der Waals surface area contributed by atoms with Crippen LogP contribution in [0.1, 0.15) is 42.5 Å². The van der Waals surface area contributed by atoms with E-state index in [1.807, 2.05) is 16.5 Å². The number of aliphatic hydroxyl groups is 1. The molecule has 0 aliphatic carbocycles. The minimum absolute atomic E-state index is 0.0357. The molecule has 0 bridgehead atoms. The lowest BCUT2D eigenvalue weighted by molar-refractivity contribution is -0.0695. The molecule has 2 aromatic rings. The maximum Gasteiger partial charge on any atom is 0.256 e. The van der Waals surface area contributed by atoms with Crippen LogP contribution in [-0.2, 0) is 11.8 Å². The van der Waals surface area contributed by atoms with Gasteiger partial charge in [0.25, 0.3) is 5.91 Å². The van der Waals surface area contributed by atoms with Crippen LogP contribution in [0.3, 0.4) is 0 Å². The molecule has 5 rings (SSSR count). The second-order valence-corrected chi connectivity index (χ2v) is 9.31. The molecule has 30 heavy (non-hydrogen) atoms. The summed E-state index contributed by atoms with van der Waals surface area (Å²) >= 11 is 0. The summed E-state index contributed by atoms with van der Waals surface area (Å²) in [5.41, 5.74) is 2.13. The predicted molar refractivity (Wildman–Crippen MR) is 112 cm³/mol. The van der Waals surface area contributed by atoms with Crippen LogP contribution in [0.4, 0.5) is 0 Å². The van der Waals surface area contributed by atoms with Crippen molar-refractivity contribution in [2.45, 2.75) is 44.2 Å². The van der Waals surface area contributed by atoms with Crippen LogP contribution in [-0.4, -0.2) is 86.9 Å². The van der Waals surface area contributed by atoms with Crippen LogP contribution in [0.5, 0.6) is 0 Å². The van der Waals surface area contributed by atoms with Crippen molar-refractivity contribution in [2.24, 2.45) is 12.5 Å². The number of hydrogen-bond acceptors (Lipinski definition) is 6. The maximum atomic E-state index is 13.2. The largest absolute Gasteiger partial charge is 0.392 e. The van der Waals surface area contributed by atoms with Gasteiger partial charge in [0.2, 0.25) is 0 Å². The fourth-order valence-corrected chi connectivity index (χ4v) is 5.64. The molecule has 162 valence electrons. The number of piperidine rings is 2. The molecular weight excluding hydrogens is 382 g/mol. The van der Waals surface area contributed by atoms with Crippen molar-refractivity contribution in [1.82, 2.24) is 24.3 Å². The van der Waals surface area contributed by atoms with Gasteiger partial charge in [0.15, 0.2) is 5.65 Å². The number of likely N-dealkylation sites (tertiary alicyclic amines) is 2. The SMILES string of the molecule is Cn1cnc2c(C(=O)N3CCC4(CC3)CC(O)CN(C3CCOCC3)C4)ccnc21. The molecule has 5 heterocycles. The first kappa shape index (κ1) is 19.9. The van der Waals surface area contributed by atoms with Crippen molar-refractivity contribution in [3.8, 4) is 0 Å². The number of aliphatic hydroxyl groups excluding tert-OH is 1. The molecule has 0 saturated carbocycles. The highest BCUT2D eigenvalue weighted by Crippen LogP contribution is 2.41. The average molecular weight is 414 g/mol. The summed E-state index contributed by atoms with van der Waals surface area (Å²) in [5.74, 6) is 0.0357. The minimum Gasteiger partial charge on any atom is -0.392 e. The smallest absolute Gasteiger partial charge is 0.256 e. The van der Waals surface area contributed by atoms with Gasteiger partial charge in [-0.2, -0.15) is 0 Å². The van der Waals surface area contributed by atoms with Crippen molar-refractivity contribution in [1.29, 1.82) is 0 Å². The Kier molecular flexibility index (Phi) is 5.24. The normalized spacial score (nSPS) is 25.8. The van der Waals surface area contributed by atoms with E-state index in [4.69, 9.17) is 4.74 Å². The summed E-state index contributed by atoms with van der Waals surface area (Å²) in [7, 11) is 1.89. The molecule has 1 unspecified atom stereocenters. The number of carbonyl (C=O) groups is 1. The van der Waals surface area contributed by atoms with Crippen molar-refractivity contribution >= 4 is 17.1 Å². The number of nitrogens with zero attached hydrogens (tertiary/aromatic N) is 5. The van der Waals surface area contributed by atoms with Gasteiger partial charge >= 0.3 is 0 Å². The van der Waals surface area contributed by atoms with Crippen molar-refractivity contribution in [3.05, 3.63) is 24.2 Å². The summed E-state index contributed by atoms with van der Waals surface area (Å²) in [6.45, 7) is 4.88. The number of β-amino-alcohol motifs (C(OH)–C–C–N with tert-alkyl or cyclic N) is 1. The third-order valence-corrected chi connectivity index (χ3v) is 7.30. The Balaban J connectivity index is 1.28. The third-order valence-electron chi connectivity index (χ3n) is 7.30. The molecule has 2 aromatic heterocycles. The maximum absolute atomic E-state index is 13.2. The van der Waals surface area contributed by atoms with Crippen LogP contribution in [0.15, 0.2) is 18.6 Å². The number of aryl methyl sites for hydroxylation is 1. The minimum atomic E-state index is -0.280. The van der Waals surface area contributed by atoms with Crippen LogP contribution in [0.2, 0.25) is 0 Å². The molecule has 0 aromatic carbocycles. The Morgan fingerprint density at radius 2 is 2.00 bits per heavy atom. The Labute approximate surface area is 176 Å². The van der Waals surface area contributed by atoms with E-state index in [1.165, 1.54) is 0 Å². The van der Waals surface area contributed by atoms with Gasteiger partial charge in [-0.25, -0.2) is 9.97 Å². The monoisotopic (exact) mass is 413 g/mol. The number of hydrogen-bond donors (Lipinski definition) is 1. The van der Waals surface area contributed by atoms with Crippen molar-refractivity contribution < 1.29 is 14.6 Å². The number of amides is 1. The van der Waals surface area contributed by atoms with E-state index in [2.05, 4.69) is 14.9 Å². The van der Waals surface area contributed by atoms with Gasteiger partial charge in [-0.05, 0) is 43.6 Å². The molecule has 8 heteroatoms. The van der Waals surface area contributed by atoms with E-state index >= 15 is 0 Å². The molecule has 1 N–H and O–H groups in total. The summed E-state index contributed by atoms with van der Waals surface area (Å²) in [5, 5.41) is 10.6. The lowest BCUT2D eigenvalue weighted by Gasteiger charge is -2.51. The fraction of sp³-hybridized carbons (Fsp3) is 0.682. The highest BCUT2D eigenvalue weighted by molar-refractivity contribution is 6.04. The quantitative estimate of drug-likeness (QED) is 0.802. The molecule has 3 aliphatic heterocycles. The van der Waals surface area contributed by atoms with Gasteiger partial charge in [-0.1, -0.05) is 0 Å². The van der Waals surface area contributed by atoms with E-state index in [-0.39, 0.29) is 17.4 Å². The topological polar surface area (TPSA) is 83.7 Å². The number of aromatic nitrogens is 3. The van der Waals surface area contributed by atoms with Crippen LogP contribution in [0, 0.1) is 5.41 Å². The van der Waals surface area contributed by atoms with E-state index < -0.39 is 0 Å². The first-order chi connectivity index (χ1) is 14.5. The number of rotatable bonds is 2. The predicted octanol–water partition coefficient (Wildman–Crippen LogP) is 1.44. The summed E-state index contributed by atoms with van der Waals surface area (Å²) < 4.78 is 7.36. The third kappa shape index (κ3) is 3.61. The van der Waals surface area contributed by atoms with E-state index in [0.717, 1.165) is 77.1 Å². The second kappa shape index (κ2) is 7.90. The van der Waals surface area contributed by atoms with Gasteiger partial charge in [0.1, 0.15) is 5.52 Å². The Hall–Kier alpha value is -2.03. The zero-order valence-corrected chi connectivity index (χ0v) is 17.7. The molecular formula is C22H31N5O3. The molecule has 1 spiro atoms. The lowest BCUT2D eigenvalue weighted by Crippen LogP contribution is -2.57. The summed E-state index contributed by atoms with van der Waals surface area (Å²) in [6, 6.07) is 2.29. The molecule has 1 amide bonds. The summed E-state index contributed by atoms with van der Waals surface area (Å²) in [6.07, 6.45) is 7.93. The molecule has 3 aliphatic rings. The molecule has 1 atom stereocenters. The number of fused-ring (bicyclic) bond motifs is 1. The van der Waals surface area contributed by atoms with E-state index in [0.29, 0.717) is 17.1 Å². The highest BCUT2D eigenvalue weighted by atomic mass is 16.5. The van der Waals surface area contributed by atoms with Crippen LogP contribution >= 0.6 is 0 Å². The Morgan fingerprint density at radius 1 is 1.23 bits per heavy atom. The number of pyridine rings is 1. The second-order valence-electron chi connectivity index (χ2n) is 9.31. The van der Waals surface area contributed by atoms with Gasteiger partial charge in [-0.15, -0.1) is 0 Å². The Bertz CT molecular complexity index is 915. The zero-order chi connectivity index (χ0) is 20.7. The standard InChI is InChI=1S/C22H31N5O3/c1-25-15-24-19-18(2-7-23-20(19)25)21(29)26-8-5-22(6-9-26)12-17(28)13-27(14-22)16-3-10-30-11-4-16/h2,7,15-17,28H,3-6,8-14H2,1H3. The van der Waals surface area contributed by atoms with E-state index in [9.17, 15) is 9.90 Å². The summed E-state index contributed by atoms with van der Waals surface area (Å²) in [4.78, 5) is 26.4. The zero-order valence-electron chi connectivity index (χ0n) is 17.7. The van der Waals surface area contributed by atoms with Crippen molar-refractivity contribution in [2.75, 3.05) is 39.4 Å². The molecule has 3 saturated heterocycles. The molecule has 8 nitrogen and oxygen atoms in total. The Morgan fingerprint density at radius 3 is 2.77 bits per heavy atom. The number of carbonyl (C=O) groups excluding carboxylic acids is 1. The number of ether oxygens (including phenoxy) is 1. The van der Waals surface area contributed by atoms with Gasteiger partial charge in [-0.3, -0.25) is 9.69 Å². The van der Waals surface area contributed by atoms with Gasteiger partial charge in [0.05, 0.1) is 18.0 Å². The fourth-order valence-electron chi connectivity index (χ4n) is 5.64. The van der Waals surface area contributed by atoms with Gasteiger partial charge in [0, 0.05) is 58.7 Å². The molecule has 3 fully saturated rings. The van der Waals surface area contributed by atoms with Gasteiger partial charge < -0.3 is 19.3 Å². The average Bonchev–Trinajstić information content (AvgIpc) is 3.15. The molecule has 0 radical (unpaired) electrons. The van der Waals surface area contributed by atoms with Crippen LogP contribution < -0.4 is 0 Å². The van der Waals surface area contributed by atoms with Crippen molar-refractivity contribution in [3.63, 3.8) is 0 Å². The lowest BCUT2D eigenvalue weighted by atomic mass is 9.71. The van der Waals surface area contributed by atoms with E-state index in [1.54, 1.807) is 18.6 Å².